The van der Waals surface area contributed by atoms with Crippen molar-refractivity contribution < 1.29 is 0 Å². The van der Waals surface area contributed by atoms with E-state index in [1.807, 2.05) is 51.2 Å². The number of anilines is 1. The molecule has 3 rings (SSSR count). The Morgan fingerprint density at radius 1 is 1.21 bits per heavy atom. The van der Waals surface area contributed by atoms with Gasteiger partial charge in [0.05, 0.1) is 16.6 Å². The smallest absolute Gasteiger partial charge is 0.266 e. The van der Waals surface area contributed by atoms with Crippen LogP contribution in [0.3, 0.4) is 0 Å². The van der Waals surface area contributed by atoms with Crippen LogP contribution in [-0.4, -0.2) is 16.4 Å². The van der Waals surface area contributed by atoms with Crippen LogP contribution < -0.4 is 10.9 Å². The first-order valence-corrected chi connectivity index (χ1v) is 6.23. The van der Waals surface area contributed by atoms with Crippen molar-refractivity contribution in [1.82, 2.24) is 9.38 Å². The molecule has 0 amide bonds. The molecular weight excluding hydrogens is 238 g/mol. The van der Waals surface area contributed by atoms with Gasteiger partial charge >= 0.3 is 0 Å². The Morgan fingerprint density at radius 2 is 1.95 bits per heavy atom. The summed E-state index contributed by atoms with van der Waals surface area (Å²) in [5.74, 6) is 0. The van der Waals surface area contributed by atoms with E-state index >= 15 is 0 Å². The molecule has 0 fully saturated rings. The van der Waals surface area contributed by atoms with E-state index in [9.17, 15) is 4.79 Å². The van der Waals surface area contributed by atoms with Crippen LogP contribution in [0, 0.1) is 13.8 Å². The lowest BCUT2D eigenvalue weighted by Crippen LogP contribution is -2.19. The Labute approximate surface area is 110 Å². The zero-order valence-corrected chi connectivity index (χ0v) is 11.2. The first-order chi connectivity index (χ1) is 9.13. The van der Waals surface area contributed by atoms with Crippen LogP contribution in [-0.2, 0) is 0 Å². The van der Waals surface area contributed by atoms with Crippen molar-refractivity contribution >= 4 is 22.2 Å². The topological polar surface area (TPSA) is 46.4 Å². The number of aryl methyl sites for hydroxylation is 2. The average Bonchev–Trinajstić information content (AvgIpc) is 2.43. The maximum atomic E-state index is 12.6. The molecule has 0 aliphatic heterocycles. The number of aromatic nitrogens is 2. The predicted octanol–water partition coefficient (Wildman–Crippen LogP) is 2.51. The van der Waals surface area contributed by atoms with E-state index in [1.165, 1.54) is 0 Å². The second-order valence-corrected chi connectivity index (χ2v) is 4.67. The molecule has 4 heteroatoms. The van der Waals surface area contributed by atoms with E-state index in [2.05, 4.69) is 10.3 Å². The molecule has 0 unspecified atom stereocenters. The molecule has 1 N–H and O–H groups in total. The molecule has 0 atom stereocenters. The van der Waals surface area contributed by atoms with Gasteiger partial charge in [-0.1, -0.05) is 12.1 Å². The summed E-state index contributed by atoms with van der Waals surface area (Å²) in [6.07, 6.45) is 0. The first-order valence-electron chi connectivity index (χ1n) is 6.23. The molecule has 0 aliphatic rings. The molecule has 2 heterocycles. The molecule has 96 valence electrons. The van der Waals surface area contributed by atoms with E-state index in [0.717, 1.165) is 22.5 Å². The number of nitrogens with zero attached hydrogens (tertiary/aromatic N) is 2. The molecular formula is C15H15N3O. The molecule has 1 aromatic carbocycles. The molecule has 0 saturated heterocycles. The number of rotatable bonds is 1. The van der Waals surface area contributed by atoms with Crippen LogP contribution in [0.5, 0.6) is 0 Å². The summed E-state index contributed by atoms with van der Waals surface area (Å²) >= 11 is 0. The Bertz CT molecular complexity index is 849. The summed E-state index contributed by atoms with van der Waals surface area (Å²) in [5.41, 5.74) is 4.25. The van der Waals surface area contributed by atoms with E-state index in [0.29, 0.717) is 11.0 Å². The maximum absolute atomic E-state index is 12.6. The minimum Gasteiger partial charge on any atom is -0.385 e. The number of fused-ring (bicyclic) bond motifs is 2. The van der Waals surface area contributed by atoms with E-state index in [1.54, 1.807) is 4.40 Å². The summed E-state index contributed by atoms with van der Waals surface area (Å²) in [6.45, 7) is 3.94. The maximum Gasteiger partial charge on any atom is 0.266 e. The van der Waals surface area contributed by atoms with Gasteiger partial charge in [0, 0.05) is 12.7 Å². The highest BCUT2D eigenvalue weighted by Gasteiger charge is 2.11. The SMILES string of the molecule is CNc1cc(C)c(C)n2c(=O)c3ccccc3nc12. The Hall–Kier alpha value is -2.36. The van der Waals surface area contributed by atoms with Crippen molar-refractivity contribution in [3.8, 4) is 0 Å². The van der Waals surface area contributed by atoms with E-state index in [-0.39, 0.29) is 5.56 Å². The van der Waals surface area contributed by atoms with E-state index < -0.39 is 0 Å². The van der Waals surface area contributed by atoms with Gasteiger partial charge in [0.1, 0.15) is 0 Å². The third kappa shape index (κ3) is 1.60. The third-order valence-corrected chi connectivity index (χ3v) is 3.55. The van der Waals surface area contributed by atoms with Crippen LogP contribution in [0.1, 0.15) is 11.3 Å². The van der Waals surface area contributed by atoms with Crippen LogP contribution in [0.15, 0.2) is 35.1 Å². The molecule has 0 aliphatic carbocycles. The number of benzene rings is 1. The number of nitrogens with one attached hydrogen (secondary N) is 1. The summed E-state index contributed by atoms with van der Waals surface area (Å²) in [7, 11) is 1.84. The van der Waals surface area contributed by atoms with Crippen molar-refractivity contribution in [2.75, 3.05) is 12.4 Å². The normalized spacial score (nSPS) is 11.1. The van der Waals surface area contributed by atoms with Crippen LogP contribution in [0.2, 0.25) is 0 Å². The number of para-hydroxylation sites is 1. The fraction of sp³-hybridized carbons (Fsp3) is 0.200. The predicted molar refractivity (Wildman–Crippen MR) is 78.0 cm³/mol. The highest BCUT2D eigenvalue weighted by molar-refractivity contribution is 5.82. The first kappa shape index (κ1) is 11.7. The fourth-order valence-electron chi connectivity index (χ4n) is 2.37. The van der Waals surface area contributed by atoms with Crippen molar-refractivity contribution in [3.63, 3.8) is 0 Å². The zero-order chi connectivity index (χ0) is 13.6. The number of pyridine rings is 1. The second-order valence-electron chi connectivity index (χ2n) is 4.67. The lowest BCUT2D eigenvalue weighted by atomic mass is 10.2. The molecule has 0 bridgehead atoms. The molecule has 0 spiro atoms. The van der Waals surface area contributed by atoms with Crippen molar-refractivity contribution in [2.45, 2.75) is 13.8 Å². The highest BCUT2D eigenvalue weighted by atomic mass is 16.1. The quantitative estimate of drug-likeness (QED) is 0.678. The van der Waals surface area contributed by atoms with Gasteiger partial charge in [0.2, 0.25) is 0 Å². The molecule has 2 aromatic heterocycles. The summed E-state index contributed by atoms with van der Waals surface area (Å²) in [4.78, 5) is 17.2. The van der Waals surface area contributed by atoms with Gasteiger partial charge in [0.15, 0.2) is 5.65 Å². The van der Waals surface area contributed by atoms with Gasteiger partial charge in [-0.2, -0.15) is 0 Å². The van der Waals surface area contributed by atoms with Crippen molar-refractivity contribution in [1.29, 1.82) is 0 Å². The molecule has 19 heavy (non-hydrogen) atoms. The summed E-state index contributed by atoms with van der Waals surface area (Å²) in [5, 5.41) is 3.76. The van der Waals surface area contributed by atoms with Crippen molar-refractivity contribution in [3.05, 3.63) is 51.9 Å². The van der Waals surface area contributed by atoms with Crippen LogP contribution in [0.4, 0.5) is 5.69 Å². The lowest BCUT2D eigenvalue weighted by Gasteiger charge is -2.13. The second kappa shape index (κ2) is 4.09. The van der Waals surface area contributed by atoms with Gasteiger partial charge in [-0.3, -0.25) is 9.20 Å². The summed E-state index contributed by atoms with van der Waals surface area (Å²) < 4.78 is 1.68. The minimum absolute atomic E-state index is 0.0155. The summed E-state index contributed by atoms with van der Waals surface area (Å²) in [6, 6.07) is 9.46. The monoisotopic (exact) mass is 253 g/mol. The Kier molecular flexibility index (Phi) is 2.52. The molecule has 0 radical (unpaired) electrons. The lowest BCUT2D eigenvalue weighted by molar-refractivity contribution is 0.995. The minimum atomic E-state index is -0.0155. The number of hydrogen-bond donors (Lipinski definition) is 1. The van der Waals surface area contributed by atoms with Gasteiger partial charge in [0.25, 0.3) is 5.56 Å². The largest absolute Gasteiger partial charge is 0.385 e. The molecule has 4 nitrogen and oxygen atoms in total. The molecule has 0 saturated carbocycles. The van der Waals surface area contributed by atoms with Crippen molar-refractivity contribution in [2.24, 2.45) is 0 Å². The highest BCUT2D eigenvalue weighted by Crippen LogP contribution is 2.20. The molecule has 3 aromatic rings. The van der Waals surface area contributed by atoms with Crippen LogP contribution >= 0.6 is 0 Å². The Balaban J connectivity index is 2.65. The van der Waals surface area contributed by atoms with Gasteiger partial charge in [-0.15, -0.1) is 0 Å². The van der Waals surface area contributed by atoms with Gasteiger partial charge < -0.3 is 5.32 Å². The van der Waals surface area contributed by atoms with Gasteiger partial charge in [-0.05, 0) is 37.6 Å². The standard InChI is InChI=1S/C15H15N3O/c1-9-8-13(16-3)14-17-12-7-5-4-6-11(12)15(19)18(14)10(9)2/h4-8,16H,1-3H3. The third-order valence-electron chi connectivity index (χ3n) is 3.55. The van der Waals surface area contributed by atoms with Gasteiger partial charge in [-0.25, -0.2) is 4.98 Å². The average molecular weight is 253 g/mol. The van der Waals surface area contributed by atoms with Crippen LogP contribution in [0.25, 0.3) is 16.6 Å². The van der Waals surface area contributed by atoms with E-state index in [4.69, 9.17) is 0 Å². The number of hydrogen-bond acceptors (Lipinski definition) is 3. The zero-order valence-electron chi connectivity index (χ0n) is 11.2. The fourth-order valence-corrected chi connectivity index (χ4v) is 2.37. The Morgan fingerprint density at radius 3 is 2.68 bits per heavy atom.